The third-order valence-electron chi connectivity index (χ3n) is 4.73. The quantitative estimate of drug-likeness (QED) is 0.879. The molecule has 3 unspecified atom stereocenters. The molecule has 0 spiro atoms. The lowest BCUT2D eigenvalue weighted by Crippen LogP contribution is -2.46. The number of benzene rings is 1. The molecule has 1 aliphatic carbocycles. The van der Waals surface area contributed by atoms with Gasteiger partial charge in [0.1, 0.15) is 11.9 Å². The Morgan fingerprint density at radius 3 is 2.75 bits per heavy atom. The van der Waals surface area contributed by atoms with Crippen LogP contribution in [0.15, 0.2) is 24.3 Å². The van der Waals surface area contributed by atoms with Crippen molar-refractivity contribution in [3.8, 4) is 5.75 Å². The molecular formula is C18H29NO. The summed E-state index contributed by atoms with van der Waals surface area (Å²) in [7, 11) is 0. The molecule has 2 heteroatoms. The fourth-order valence-electron chi connectivity index (χ4n) is 3.05. The number of para-hydroxylation sites is 1. The minimum Gasteiger partial charge on any atom is -0.488 e. The maximum absolute atomic E-state index is 6.33. The largest absolute Gasteiger partial charge is 0.488 e. The van der Waals surface area contributed by atoms with Crippen LogP contribution in [0, 0.1) is 5.41 Å². The van der Waals surface area contributed by atoms with E-state index in [1.807, 2.05) is 0 Å². The Labute approximate surface area is 123 Å². The third kappa shape index (κ3) is 3.54. The van der Waals surface area contributed by atoms with Gasteiger partial charge in [-0.05, 0) is 48.6 Å². The van der Waals surface area contributed by atoms with E-state index in [0.717, 1.165) is 25.0 Å². The Kier molecular flexibility index (Phi) is 4.74. The van der Waals surface area contributed by atoms with Crippen LogP contribution in [0.2, 0.25) is 0 Å². The van der Waals surface area contributed by atoms with Gasteiger partial charge in [-0.3, -0.25) is 0 Å². The van der Waals surface area contributed by atoms with Crippen molar-refractivity contribution >= 4 is 0 Å². The molecule has 0 amide bonds. The number of nitrogens with two attached hydrogens (primary N) is 1. The summed E-state index contributed by atoms with van der Waals surface area (Å²) in [6.07, 6.45) is 4.57. The summed E-state index contributed by atoms with van der Waals surface area (Å²) in [6, 6.07) is 8.59. The number of hydrogen-bond acceptors (Lipinski definition) is 2. The zero-order chi connectivity index (χ0) is 14.8. The Morgan fingerprint density at radius 2 is 2.05 bits per heavy atom. The van der Waals surface area contributed by atoms with Crippen molar-refractivity contribution in [3.63, 3.8) is 0 Å². The molecule has 0 bridgehead atoms. The van der Waals surface area contributed by atoms with Crippen LogP contribution in [0.1, 0.15) is 64.9 Å². The van der Waals surface area contributed by atoms with Crippen molar-refractivity contribution in [1.82, 2.24) is 0 Å². The molecular weight excluding hydrogens is 246 g/mol. The van der Waals surface area contributed by atoms with Crippen LogP contribution in [-0.2, 0) is 0 Å². The normalized spacial score (nSPS) is 27.1. The molecule has 0 radical (unpaired) electrons. The van der Waals surface area contributed by atoms with Crippen molar-refractivity contribution in [2.75, 3.05) is 0 Å². The second-order valence-electron chi connectivity index (χ2n) is 7.07. The Bertz CT molecular complexity index is 441. The summed E-state index contributed by atoms with van der Waals surface area (Å²) in [5.74, 6) is 1.55. The lowest BCUT2D eigenvalue weighted by molar-refractivity contribution is 0.0659. The van der Waals surface area contributed by atoms with Gasteiger partial charge in [0, 0.05) is 6.04 Å². The highest BCUT2D eigenvalue weighted by atomic mass is 16.5. The highest BCUT2D eigenvalue weighted by Gasteiger charge is 2.34. The standard InChI is InChI=1S/C18H29NO/c1-5-13(2)14-8-6-7-9-16(14)20-17-12-18(3,4)11-10-15(17)19/h6-9,13,15,17H,5,10-12,19H2,1-4H3. The average Bonchev–Trinajstić information content (AvgIpc) is 2.42. The number of ether oxygens (including phenoxy) is 1. The predicted octanol–water partition coefficient (Wildman–Crippen LogP) is 4.48. The predicted molar refractivity (Wildman–Crippen MR) is 85.2 cm³/mol. The van der Waals surface area contributed by atoms with Crippen LogP contribution >= 0.6 is 0 Å². The van der Waals surface area contributed by atoms with Gasteiger partial charge in [0.25, 0.3) is 0 Å². The fourth-order valence-corrected chi connectivity index (χ4v) is 3.05. The topological polar surface area (TPSA) is 35.2 Å². The van der Waals surface area contributed by atoms with Crippen molar-refractivity contribution in [1.29, 1.82) is 0 Å². The van der Waals surface area contributed by atoms with Crippen molar-refractivity contribution in [2.45, 2.75) is 71.4 Å². The molecule has 112 valence electrons. The lowest BCUT2D eigenvalue weighted by Gasteiger charge is -2.39. The minimum atomic E-state index is 0.143. The summed E-state index contributed by atoms with van der Waals surface area (Å²) in [5, 5.41) is 0. The van der Waals surface area contributed by atoms with Crippen molar-refractivity contribution in [2.24, 2.45) is 11.1 Å². The van der Waals surface area contributed by atoms with Crippen LogP contribution in [0.5, 0.6) is 5.75 Å². The molecule has 2 N–H and O–H groups in total. The minimum absolute atomic E-state index is 0.143. The molecule has 0 saturated heterocycles. The first-order chi connectivity index (χ1) is 9.43. The SMILES string of the molecule is CCC(C)c1ccccc1OC1CC(C)(C)CCC1N. The molecule has 1 aliphatic rings. The highest BCUT2D eigenvalue weighted by molar-refractivity contribution is 5.36. The van der Waals surface area contributed by atoms with Crippen LogP contribution in [0.3, 0.4) is 0 Å². The van der Waals surface area contributed by atoms with E-state index >= 15 is 0 Å². The van der Waals surface area contributed by atoms with Crippen LogP contribution in [0.25, 0.3) is 0 Å². The summed E-state index contributed by atoms with van der Waals surface area (Å²) in [5.41, 5.74) is 7.93. The van der Waals surface area contributed by atoms with Gasteiger partial charge in [-0.25, -0.2) is 0 Å². The van der Waals surface area contributed by atoms with E-state index in [1.54, 1.807) is 0 Å². The molecule has 2 rings (SSSR count). The van der Waals surface area contributed by atoms with Gasteiger partial charge >= 0.3 is 0 Å². The van der Waals surface area contributed by atoms with E-state index in [2.05, 4.69) is 52.0 Å². The fraction of sp³-hybridized carbons (Fsp3) is 0.667. The average molecular weight is 275 g/mol. The maximum Gasteiger partial charge on any atom is 0.123 e. The highest BCUT2D eigenvalue weighted by Crippen LogP contribution is 2.38. The van der Waals surface area contributed by atoms with Crippen LogP contribution in [-0.4, -0.2) is 12.1 Å². The summed E-state index contributed by atoms with van der Waals surface area (Å²) in [4.78, 5) is 0. The van der Waals surface area contributed by atoms with Gasteiger partial charge in [-0.1, -0.05) is 45.9 Å². The van der Waals surface area contributed by atoms with E-state index in [4.69, 9.17) is 10.5 Å². The molecule has 1 saturated carbocycles. The van der Waals surface area contributed by atoms with Crippen LogP contribution in [0.4, 0.5) is 0 Å². The summed E-state index contributed by atoms with van der Waals surface area (Å²) in [6.45, 7) is 9.11. The number of rotatable bonds is 4. The monoisotopic (exact) mass is 275 g/mol. The molecule has 3 atom stereocenters. The van der Waals surface area contributed by atoms with Crippen molar-refractivity contribution in [3.05, 3.63) is 29.8 Å². The van der Waals surface area contributed by atoms with Gasteiger partial charge < -0.3 is 10.5 Å². The van der Waals surface area contributed by atoms with Crippen molar-refractivity contribution < 1.29 is 4.74 Å². The molecule has 1 aromatic carbocycles. The molecule has 1 fully saturated rings. The van der Waals surface area contributed by atoms with E-state index < -0.39 is 0 Å². The van der Waals surface area contributed by atoms with Gasteiger partial charge in [0.15, 0.2) is 0 Å². The van der Waals surface area contributed by atoms with Crippen LogP contribution < -0.4 is 10.5 Å². The summed E-state index contributed by atoms with van der Waals surface area (Å²) >= 11 is 0. The molecule has 0 aliphatic heterocycles. The lowest BCUT2D eigenvalue weighted by atomic mass is 9.74. The first-order valence-electron chi connectivity index (χ1n) is 7.94. The Morgan fingerprint density at radius 1 is 1.35 bits per heavy atom. The maximum atomic E-state index is 6.33. The van der Waals surface area contributed by atoms with Gasteiger partial charge in [0.2, 0.25) is 0 Å². The Balaban J connectivity index is 2.17. The van der Waals surface area contributed by atoms with Gasteiger partial charge in [-0.15, -0.1) is 0 Å². The van der Waals surface area contributed by atoms with E-state index in [-0.39, 0.29) is 12.1 Å². The van der Waals surface area contributed by atoms with Gasteiger partial charge in [0.05, 0.1) is 0 Å². The summed E-state index contributed by atoms with van der Waals surface area (Å²) < 4.78 is 6.33. The van der Waals surface area contributed by atoms with E-state index in [0.29, 0.717) is 11.3 Å². The molecule has 0 aromatic heterocycles. The number of hydrogen-bond donors (Lipinski definition) is 1. The Hall–Kier alpha value is -1.02. The third-order valence-corrected chi connectivity index (χ3v) is 4.73. The molecule has 1 aromatic rings. The first-order valence-corrected chi connectivity index (χ1v) is 7.94. The molecule has 20 heavy (non-hydrogen) atoms. The second kappa shape index (κ2) is 6.17. The zero-order valence-corrected chi connectivity index (χ0v) is 13.4. The first kappa shape index (κ1) is 15.4. The van der Waals surface area contributed by atoms with E-state index in [9.17, 15) is 0 Å². The second-order valence-corrected chi connectivity index (χ2v) is 7.07. The van der Waals surface area contributed by atoms with E-state index in [1.165, 1.54) is 12.0 Å². The smallest absolute Gasteiger partial charge is 0.123 e. The molecule has 0 heterocycles. The molecule has 2 nitrogen and oxygen atoms in total. The zero-order valence-electron chi connectivity index (χ0n) is 13.4. The van der Waals surface area contributed by atoms with Gasteiger partial charge in [-0.2, -0.15) is 0 Å².